The van der Waals surface area contributed by atoms with Crippen molar-refractivity contribution in [3.05, 3.63) is 53.9 Å². The fourth-order valence-electron chi connectivity index (χ4n) is 4.83. The van der Waals surface area contributed by atoms with Crippen molar-refractivity contribution in [2.45, 2.75) is 57.3 Å². The first-order chi connectivity index (χ1) is 17.7. The second kappa shape index (κ2) is 13.1. The molecule has 1 fully saturated rings. The number of nitrogens with one attached hydrogen (secondary N) is 1. The quantitative estimate of drug-likeness (QED) is 0.442. The van der Waals surface area contributed by atoms with Crippen LogP contribution in [0.25, 0.3) is 0 Å². The summed E-state index contributed by atoms with van der Waals surface area (Å²) < 4.78 is 52.4. The molecule has 208 valence electrons. The van der Waals surface area contributed by atoms with Crippen LogP contribution in [0.3, 0.4) is 0 Å². The van der Waals surface area contributed by atoms with E-state index in [4.69, 9.17) is 9.47 Å². The van der Waals surface area contributed by atoms with Crippen molar-refractivity contribution < 1.29 is 32.2 Å². The predicted molar refractivity (Wildman–Crippen MR) is 137 cm³/mol. The van der Waals surface area contributed by atoms with E-state index >= 15 is 0 Å². The van der Waals surface area contributed by atoms with Gasteiger partial charge in [0.25, 0.3) is 5.91 Å². The molecule has 1 saturated carbocycles. The summed E-state index contributed by atoms with van der Waals surface area (Å²) in [5, 5.41) is 7.12. The molecule has 1 unspecified atom stereocenters. The van der Waals surface area contributed by atoms with Gasteiger partial charge in [-0.2, -0.15) is 18.3 Å². The second-order valence-corrected chi connectivity index (χ2v) is 9.37. The van der Waals surface area contributed by atoms with E-state index in [0.29, 0.717) is 25.4 Å². The lowest BCUT2D eigenvalue weighted by Crippen LogP contribution is -2.46. The number of benzene rings is 1. The van der Waals surface area contributed by atoms with Crippen LogP contribution in [0.1, 0.15) is 44.1 Å². The number of alkyl halides is 3. The molecule has 1 N–H and O–H groups in total. The maximum absolute atomic E-state index is 13.4. The number of methoxy groups -OCH3 is 1. The Morgan fingerprint density at radius 2 is 1.92 bits per heavy atom. The summed E-state index contributed by atoms with van der Waals surface area (Å²) in [5.74, 6) is -0.558. The largest absolute Gasteiger partial charge is 0.459 e. The summed E-state index contributed by atoms with van der Waals surface area (Å²) in [6, 6.07) is 5.70. The number of amides is 2. The fourth-order valence-corrected chi connectivity index (χ4v) is 4.83. The molecular weight excluding hydrogens is 525 g/mol. The smallest absolute Gasteiger partial charge is 0.419 e. The zero-order chi connectivity index (χ0) is 26.4. The summed E-state index contributed by atoms with van der Waals surface area (Å²) >= 11 is 0. The minimum absolute atomic E-state index is 0. The van der Waals surface area contributed by atoms with Gasteiger partial charge in [0, 0.05) is 25.4 Å². The van der Waals surface area contributed by atoms with Crippen LogP contribution in [-0.4, -0.2) is 52.8 Å². The Balaban J connectivity index is 0.00000400. The fraction of sp³-hybridized carbons (Fsp3) is 0.500. The number of para-hydroxylation sites is 1. The van der Waals surface area contributed by atoms with E-state index in [1.54, 1.807) is 24.1 Å². The lowest BCUT2D eigenvalue weighted by atomic mass is 9.84. The first-order valence-electron chi connectivity index (χ1n) is 12.4. The van der Waals surface area contributed by atoms with Gasteiger partial charge in [-0.1, -0.05) is 44.2 Å². The van der Waals surface area contributed by atoms with Crippen LogP contribution >= 0.6 is 12.4 Å². The van der Waals surface area contributed by atoms with Crippen molar-refractivity contribution in [1.82, 2.24) is 14.7 Å². The molecule has 12 heteroatoms. The lowest BCUT2D eigenvalue weighted by molar-refractivity contribution is -0.138. The third-order valence-corrected chi connectivity index (χ3v) is 6.70. The van der Waals surface area contributed by atoms with Crippen LogP contribution in [0, 0.1) is 5.92 Å². The lowest BCUT2D eigenvalue weighted by Gasteiger charge is -2.31. The number of carbonyl (C=O) groups excluding carboxylic acids is 2. The predicted octanol–water partition coefficient (Wildman–Crippen LogP) is 5.05. The highest BCUT2D eigenvalue weighted by Crippen LogP contribution is 2.37. The molecule has 2 amide bonds. The van der Waals surface area contributed by atoms with E-state index < -0.39 is 23.7 Å². The minimum Gasteiger partial charge on any atom is -0.459 e. The van der Waals surface area contributed by atoms with E-state index in [-0.39, 0.29) is 42.3 Å². The van der Waals surface area contributed by atoms with Crippen LogP contribution in [-0.2, 0) is 27.0 Å². The number of halogens is 4. The molecule has 1 aliphatic heterocycles. The van der Waals surface area contributed by atoms with Gasteiger partial charge in [-0.05, 0) is 24.5 Å². The molecule has 1 aromatic carbocycles. The van der Waals surface area contributed by atoms with Gasteiger partial charge in [0.1, 0.15) is 17.6 Å². The number of ether oxygens (including phenoxy) is 2. The molecule has 1 atom stereocenters. The summed E-state index contributed by atoms with van der Waals surface area (Å²) in [5.41, 5.74) is -0.928. The van der Waals surface area contributed by atoms with Gasteiger partial charge in [-0.25, -0.2) is 0 Å². The Kier molecular flexibility index (Phi) is 10.2. The van der Waals surface area contributed by atoms with Gasteiger partial charge in [-0.15, -0.1) is 12.4 Å². The number of carbonyl (C=O) groups is 2. The van der Waals surface area contributed by atoms with Crippen molar-refractivity contribution in [1.29, 1.82) is 0 Å². The molecule has 1 aliphatic carbocycles. The highest BCUT2D eigenvalue weighted by molar-refractivity contribution is 5.99. The van der Waals surface area contributed by atoms with Gasteiger partial charge < -0.3 is 19.7 Å². The van der Waals surface area contributed by atoms with Crippen LogP contribution in [0.4, 0.5) is 19.0 Å². The van der Waals surface area contributed by atoms with E-state index in [1.165, 1.54) is 23.1 Å². The van der Waals surface area contributed by atoms with Gasteiger partial charge in [0.2, 0.25) is 5.91 Å². The monoisotopic (exact) mass is 556 g/mol. The number of anilines is 1. The molecular formula is C26H32ClF3N4O4. The first kappa shape index (κ1) is 29.5. The second-order valence-electron chi connectivity index (χ2n) is 9.37. The summed E-state index contributed by atoms with van der Waals surface area (Å²) in [6.07, 6.45) is 3.95. The van der Waals surface area contributed by atoms with Crippen LogP contribution in [0.2, 0.25) is 0 Å². The van der Waals surface area contributed by atoms with Crippen molar-refractivity contribution in [3.63, 3.8) is 0 Å². The Hall–Kier alpha value is -3.05. The molecule has 2 aromatic rings. The average molecular weight is 557 g/mol. The molecule has 0 spiro atoms. The maximum Gasteiger partial charge on any atom is 0.419 e. The topological polar surface area (TPSA) is 85.7 Å². The molecule has 38 heavy (non-hydrogen) atoms. The third-order valence-electron chi connectivity index (χ3n) is 6.70. The van der Waals surface area contributed by atoms with Gasteiger partial charge >= 0.3 is 6.18 Å². The highest BCUT2D eigenvalue weighted by Gasteiger charge is 2.38. The molecule has 2 aliphatic rings. The average Bonchev–Trinajstić information content (AvgIpc) is 3.47. The van der Waals surface area contributed by atoms with E-state index in [0.717, 1.165) is 44.2 Å². The van der Waals surface area contributed by atoms with Crippen LogP contribution in [0.5, 0.6) is 5.75 Å². The number of hydrogen-bond acceptors (Lipinski definition) is 5. The SMILES string of the molecule is COCCn1ccc(NC(=O)C(CC2CCCCC2)N2CC(Oc3ccccc3C(F)(F)F)=CC2=O)n1.Cl. The Bertz CT molecular complexity index is 1130. The number of nitrogens with zero attached hydrogens (tertiary/aromatic N) is 3. The first-order valence-corrected chi connectivity index (χ1v) is 12.4. The highest BCUT2D eigenvalue weighted by atomic mass is 35.5. The van der Waals surface area contributed by atoms with Crippen LogP contribution in [0.15, 0.2) is 48.4 Å². The third kappa shape index (κ3) is 7.50. The molecule has 0 radical (unpaired) electrons. The van der Waals surface area contributed by atoms with Gasteiger partial charge in [-0.3, -0.25) is 14.3 Å². The van der Waals surface area contributed by atoms with E-state index in [9.17, 15) is 22.8 Å². The standard InChI is InChI=1S/C26H31F3N4O4.ClH/c1-36-14-13-32-12-11-23(31-32)30-25(35)21(15-18-7-3-2-4-8-18)33-17-19(16-24(33)34)37-22-10-6-5-9-20(22)26(27,28)29;/h5-6,9-12,16,18,21H,2-4,7-8,13-15,17H2,1H3,(H,30,31,35);1H. The van der Waals surface area contributed by atoms with E-state index in [1.807, 2.05) is 0 Å². The van der Waals surface area contributed by atoms with Crippen molar-refractivity contribution in [2.24, 2.45) is 5.92 Å². The number of hydrogen-bond donors (Lipinski definition) is 1. The van der Waals surface area contributed by atoms with Crippen LogP contribution < -0.4 is 10.1 Å². The summed E-state index contributed by atoms with van der Waals surface area (Å²) in [4.78, 5) is 27.7. The minimum atomic E-state index is -4.60. The zero-order valence-corrected chi connectivity index (χ0v) is 21.9. The molecule has 1 aromatic heterocycles. The molecule has 0 bridgehead atoms. The summed E-state index contributed by atoms with van der Waals surface area (Å²) in [7, 11) is 1.59. The zero-order valence-electron chi connectivity index (χ0n) is 21.1. The normalized spacial score (nSPS) is 17.1. The molecule has 8 nitrogen and oxygen atoms in total. The van der Waals surface area contributed by atoms with E-state index in [2.05, 4.69) is 10.4 Å². The van der Waals surface area contributed by atoms with Crippen molar-refractivity contribution >= 4 is 30.0 Å². The molecule has 4 rings (SSSR count). The van der Waals surface area contributed by atoms with Gasteiger partial charge in [0.05, 0.1) is 25.3 Å². The number of rotatable bonds is 10. The Labute approximate surface area is 225 Å². The van der Waals surface area contributed by atoms with Crippen molar-refractivity contribution in [2.75, 3.05) is 25.6 Å². The maximum atomic E-state index is 13.4. The molecule has 2 heterocycles. The molecule has 0 saturated heterocycles. The number of aromatic nitrogens is 2. The van der Waals surface area contributed by atoms with Crippen molar-refractivity contribution in [3.8, 4) is 5.75 Å². The van der Waals surface area contributed by atoms with Gasteiger partial charge in [0.15, 0.2) is 5.82 Å². The summed E-state index contributed by atoms with van der Waals surface area (Å²) in [6.45, 7) is 0.887. The Morgan fingerprint density at radius 3 is 2.63 bits per heavy atom. The Morgan fingerprint density at radius 1 is 1.18 bits per heavy atom.